The summed E-state index contributed by atoms with van der Waals surface area (Å²) in [6, 6.07) is -1.83. The van der Waals surface area contributed by atoms with Crippen molar-refractivity contribution >= 4 is 30.3 Å². The minimum atomic E-state index is -4.67. The number of alkyl halides is 3. The van der Waals surface area contributed by atoms with Crippen LogP contribution in [0.15, 0.2) is 0 Å². The van der Waals surface area contributed by atoms with E-state index in [1.165, 1.54) is 6.92 Å². The Hall–Kier alpha value is -1.55. The van der Waals surface area contributed by atoms with Gasteiger partial charge in [0.2, 0.25) is 5.91 Å². The zero-order valence-electron chi connectivity index (χ0n) is 14.3. The first-order valence-corrected chi connectivity index (χ1v) is 7.39. The second kappa shape index (κ2) is 8.22. The van der Waals surface area contributed by atoms with E-state index in [2.05, 4.69) is 10.6 Å². The van der Waals surface area contributed by atoms with Crippen molar-refractivity contribution in [1.29, 1.82) is 0 Å². The topological polar surface area (TPSA) is 98.7 Å². The number of aliphatic carboxylic acids is 1. The number of rotatable bonds is 3. The van der Waals surface area contributed by atoms with Crippen LogP contribution in [0.25, 0.3) is 0 Å². The van der Waals surface area contributed by atoms with Crippen LogP contribution < -0.4 is 10.6 Å². The van der Waals surface area contributed by atoms with E-state index in [1.54, 1.807) is 20.8 Å². The molecule has 146 valence electrons. The van der Waals surface area contributed by atoms with Gasteiger partial charge in [-0.25, -0.2) is 4.79 Å². The average molecular weight is 390 g/mol. The molecule has 3 atom stereocenters. The first-order chi connectivity index (χ1) is 10.7. The van der Waals surface area contributed by atoms with E-state index in [9.17, 15) is 27.6 Å². The number of carboxylic acids is 1. The summed E-state index contributed by atoms with van der Waals surface area (Å²) in [7, 11) is 0. The monoisotopic (exact) mass is 389 g/mol. The van der Waals surface area contributed by atoms with E-state index in [1.807, 2.05) is 0 Å². The maximum absolute atomic E-state index is 13.0. The van der Waals surface area contributed by atoms with Crippen LogP contribution in [-0.4, -0.2) is 58.8 Å². The predicted octanol–water partition coefficient (Wildman–Crippen LogP) is 1.62. The predicted molar refractivity (Wildman–Crippen MR) is 85.4 cm³/mol. The second-order valence-electron chi connectivity index (χ2n) is 6.92. The summed E-state index contributed by atoms with van der Waals surface area (Å²) in [6.07, 6.45) is -4.67. The Balaban J connectivity index is 0.00000576. The van der Waals surface area contributed by atoms with Crippen molar-refractivity contribution in [2.75, 3.05) is 13.1 Å². The molecule has 1 saturated heterocycles. The van der Waals surface area contributed by atoms with E-state index >= 15 is 0 Å². The van der Waals surface area contributed by atoms with Gasteiger partial charge in [-0.15, -0.1) is 12.4 Å². The Bertz CT molecular complexity index is 522. The Kier molecular flexibility index (Phi) is 7.71. The van der Waals surface area contributed by atoms with Gasteiger partial charge in [-0.1, -0.05) is 0 Å². The van der Waals surface area contributed by atoms with Gasteiger partial charge in [0.15, 0.2) is 0 Å². The number of halogens is 4. The second-order valence-corrected chi connectivity index (χ2v) is 6.92. The van der Waals surface area contributed by atoms with Gasteiger partial charge in [0, 0.05) is 18.6 Å². The number of carbonyl (C=O) groups is 3. The SMILES string of the molecule is CC(C(=O)NC(=O)NC(C)(C)C)N1C[C@@H](C(F)(F)F)[C@H](C(=O)O)C1.Cl. The van der Waals surface area contributed by atoms with Crippen LogP contribution in [0.4, 0.5) is 18.0 Å². The molecule has 1 rings (SSSR count). The number of nitrogens with one attached hydrogen (secondary N) is 2. The molecule has 0 aromatic carbocycles. The number of urea groups is 1. The smallest absolute Gasteiger partial charge is 0.393 e. The third kappa shape index (κ3) is 6.69. The van der Waals surface area contributed by atoms with E-state index in [4.69, 9.17) is 5.11 Å². The number of carboxylic acid groups (broad SMARTS) is 1. The van der Waals surface area contributed by atoms with Crippen LogP contribution in [0.3, 0.4) is 0 Å². The van der Waals surface area contributed by atoms with Gasteiger partial charge >= 0.3 is 18.2 Å². The molecule has 7 nitrogen and oxygen atoms in total. The molecule has 1 fully saturated rings. The number of hydrogen-bond donors (Lipinski definition) is 3. The summed E-state index contributed by atoms with van der Waals surface area (Å²) in [5, 5.41) is 13.5. The lowest BCUT2D eigenvalue weighted by Crippen LogP contribution is -2.53. The van der Waals surface area contributed by atoms with Gasteiger partial charge < -0.3 is 10.4 Å². The number of imide groups is 1. The highest BCUT2D eigenvalue weighted by atomic mass is 35.5. The summed E-state index contributed by atoms with van der Waals surface area (Å²) in [4.78, 5) is 35.8. The summed E-state index contributed by atoms with van der Waals surface area (Å²) < 4.78 is 38.9. The van der Waals surface area contributed by atoms with Crippen LogP contribution in [-0.2, 0) is 9.59 Å². The molecular weight excluding hydrogens is 367 g/mol. The summed E-state index contributed by atoms with van der Waals surface area (Å²) >= 11 is 0. The Morgan fingerprint density at radius 2 is 1.68 bits per heavy atom. The first kappa shape index (κ1) is 23.4. The van der Waals surface area contributed by atoms with E-state index in [0.29, 0.717) is 0 Å². The third-order valence-electron chi connectivity index (χ3n) is 3.74. The molecule has 0 bridgehead atoms. The van der Waals surface area contributed by atoms with Crippen molar-refractivity contribution < 1.29 is 32.7 Å². The zero-order chi connectivity index (χ0) is 18.9. The van der Waals surface area contributed by atoms with E-state index in [0.717, 1.165) is 4.90 Å². The molecule has 0 saturated carbocycles. The fourth-order valence-corrected chi connectivity index (χ4v) is 2.49. The van der Waals surface area contributed by atoms with E-state index in [-0.39, 0.29) is 12.4 Å². The first-order valence-electron chi connectivity index (χ1n) is 7.39. The molecule has 0 aliphatic carbocycles. The van der Waals surface area contributed by atoms with Crippen LogP contribution >= 0.6 is 12.4 Å². The molecule has 0 aromatic rings. The molecule has 0 spiro atoms. The number of amides is 3. The van der Waals surface area contributed by atoms with Gasteiger partial charge in [-0.05, 0) is 27.7 Å². The molecule has 25 heavy (non-hydrogen) atoms. The van der Waals surface area contributed by atoms with Gasteiger partial charge in [0.25, 0.3) is 0 Å². The highest BCUT2D eigenvalue weighted by Gasteiger charge is 2.53. The molecule has 1 unspecified atom stereocenters. The number of nitrogens with zero attached hydrogens (tertiary/aromatic N) is 1. The fraction of sp³-hybridized carbons (Fsp3) is 0.786. The fourth-order valence-electron chi connectivity index (χ4n) is 2.49. The Morgan fingerprint density at radius 3 is 2.04 bits per heavy atom. The van der Waals surface area contributed by atoms with E-state index < -0.39 is 60.6 Å². The minimum Gasteiger partial charge on any atom is -0.481 e. The van der Waals surface area contributed by atoms with Crippen molar-refractivity contribution in [2.24, 2.45) is 11.8 Å². The molecule has 3 amide bonds. The lowest BCUT2D eigenvalue weighted by atomic mass is 9.96. The van der Waals surface area contributed by atoms with Crippen molar-refractivity contribution in [3.8, 4) is 0 Å². The average Bonchev–Trinajstić information content (AvgIpc) is 2.79. The van der Waals surface area contributed by atoms with Gasteiger partial charge in [-0.3, -0.25) is 19.8 Å². The summed E-state index contributed by atoms with van der Waals surface area (Å²) in [5.41, 5.74) is -0.586. The molecule has 1 aliphatic rings. The standard InChI is InChI=1S/C14H22F3N3O4.ClH/c1-7(10(21)18-12(24)19-13(2,3)4)20-5-8(11(22)23)9(6-20)14(15,16)17;/h7-9H,5-6H2,1-4H3,(H,22,23)(H2,18,19,21,24);1H/t7?,8-,9-;/m1./s1. The maximum Gasteiger partial charge on any atom is 0.393 e. The number of likely N-dealkylation sites (tertiary alicyclic amines) is 1. The lowest BCUT2D eigenvalue weighted by molar-refractivity contribution is -0.188. The van der Waals surface area contributed by atoms with Crippen LogP contribution in [0.5, 0.6) is 0 Å². The van der Waals surface area contributed by atoms with Crippen LogP contribution in [0, 0.1) is 11.8 Å². The largest absolute Gasteiger partial charge is 0.481 e. The van der Waals surface area contributed by atoms with Crippen molar-refractivity contribution in [3.05, 3.63) is 0 Å². The molecular formula is C14H23ClF3N3O4. The molecule has 11 heteroatoms. The van der Waals surface area contributed by atoms with Gasteiger partial charge in [0.05, 0.1) is 17.9 Å². The molecule has 3 N–H and O–H groups in total. The van der Waals surface area contributed by atoms with Crippen molar-refractivity contribution in [2.45, 2.75) is 45.5 Å². The quantitative estimate of drug-likeness (QED) is 0.681. The highest BCUT2D eigenvalue weighted by molar-refractivity contribution is 5.97. The Labute approximate surface area is 149 Å². The molecule has 0 aromatic heterocycles. The van der Waals surface area contributed by atoms with Gasteiger partial charge in [0.1, 0.15) is 0 Å². The third-order valence-corrected chi connectivity index (χ3v) is 3.74. The van der Waals surface area contributed by atoms with Gasteiger partial charge in [-0.2, -0.15) is 13.2 Å². The maximum atomic E-state index is 13.0. The Morgan fingerprint density at radius 1 is 1.16 bits per heavy atom. The number of hydrogen-bond acceptors (Lipinski definition) is 4. The highest BCUT2D eigenvalue weighted by Crippen LogP contribution is 2.38. The number of carbonyl (C=O) groups excluding carboxylic acids is 2. The normalized spacial score (nSPS) is 22.7. The van der Waals surface area contributed by atoms with Crippen LogP contribution in [0.2, 0.25) is 0 Å². The summed E-state index contributed by atoms with van der Waals surface area (Å²) in [6.45, 7) is 5.42. The zero-order valence-corrected chi connectivity index (χ0v) is 15.1. The van der Waals surface area contributed by atoms with Crippen molar-refractivity contribution in [3.63, 3.8) is 0 Å². The summed E-state index contributed by atoms with van der Waals surface area (Å²) in [5.74, 6) is -6.03. The molecule has 1 heterocycles. The van der Waals surface area contributed by atoms with Crippen molar-refractivity contribution in [1.82, 2.24) is 15.5 Å². The minimum absolute atomic E-state index is 0. The lowest BCUT2D eigenvalue weighted by Gasteiger charge is -2.25. The van der Waals surface area contributed by atoms with Crippen LogP contribution in [0.1, 0.15) is 27.7 Å². The molecule has 0 radical (unpaired) electrons. The molecule has 1 aliphatic heterocycles.